The summed E-state index contributed by atoms with van der Waals surface area (Å²) in [6, 6.07) is 7.60. The van der Waals surface area contributed by atoms with Crippen molar-refractivity contribution in [3.63, 3.8) is 0 Å². The Morgan fingerprint density at radius 3 is 2.62 bits per heavy atom. The fourth-order valence-electron chi connectivity index (χ4n) is 3.84. The number of amides is 1. The average molecular weight is 462 g/mol. The molecule has 1 fully saturated rings. The van der Waals surface area contributed by atoms with E-state index in [1.165, 1.54) is 12.8 Å². The zero-order chi connectivity index (χ0) is 22.8. The van der Waals surface area contributed by atoms with E-state index in [-0.39, 0.29) is 12.5 Å². The molecule has 3 rings (SSSR count). The standard InChI is InChI=1S/C23H35N5O3S/c1-3-4-5-6-11-27(13-12-26-14-16-31-17-15-26)21(29)18-28-22(24-25-23(28)32)19-7-9-20(30-2)10-8-19/h7-10H,3-6,11-18H2,1-2H3,(H,25,32). The van der Waals surface area contributed by atoms with Crippen LogP contribution < -0.4 is 4.74 Å². The van der Waals surface area contributed by atoms with E-state index in [4.69, 9.17) is 21.7 Å². The number of H-pyrrole nitrogens is 1. The van der Waals surface area contributed by atoms with E-state index in [0.717, 1.165) is 63.5 Å². The molecule has 1 N–H and O–H groups in total. The second-order valence-electron chi connectivity index (χ2n) is 8.06. The lowest BCUT2D eigenvalue weighted by molar-refractivity contribution is -0.132. The van der Waals surface area contributed by atoms with Crippen LogP contribution in [0.5, 0.6) is 5.75 Å². The molecule has 0 atom stereocenters. The van der Waals surface area contributed by atoms with Crippen LogP contribution in [0.3, 0.4) is 0 Å². The number of ether oxygens (including phenoxy) is 2. The lowest BCUT2D eigenvalue weighted by Crippen LogP contribution is -2.44. The van der Waals surface area contributed by atoms with E-state index in [1.807, 2.05) is 29.2 Å². The van der Waals surface area contributed by atoms with Crippen molar-refractivity contribution in [1.82, 2.24) is 24.6 Å². The van der Waals surface area contributed by atoms with Crippen LogP contribution in [0.4, 0.5) is 0 Å². The molecule has 1 aromatic heterocycles. The van der Waals surface area contributed by atoms with Crippen LogP contribution in [0.2, 0.25) is 0 Å². The van der Waals surface area contributed by atoms with Gasteiger partial charge in [-0.2, -0.15) is 5.10 Å². The Hall–Kier alpha value is -2.23. The van der Waals surface area contributed by atoms with Gasteiger partial charge in [0, 0.05) is 38.3 Å². The highest BCUT2D eigenvalue weighted by Crippen LogP contribution is 2.21. The minimum absolute atomic E-state index is 0.0713. The van der Waals surface area contributed by atoms with E-state index < -0.39 is 0 Å². The first-order valence-corrected chi connectivity index (χ1v) is 11.9. The molecule has 1 amide bonds. The fraction of sp³-hybridized carbons (Fsp3) is 0.609. The van der Waals surface area contributed by atoms with Crippen molar-refractivity contribution in [2.75, 3.05) is 53.0 Å². The van der Waals surface area contributed by atoms with Gasteiger partial charge in [-0.25, -0.2) is 0 Å². The minimum atomic E-state index is 0.0713. The molecule has 176 valence electrons. The lowest BCUT2D eigenvalue weighted by atomic mass is 10.2. The second-order valence-corrected chi connectivity index (χ2v) is 8.45. The number of hydrogen-bond donors (Lipinski definition) is 1. The van der Waals surface area contributed by atoms with Crippen LogP contribution in [0.25, 0.3) is 11.4 Å². The summed E-state index contributed by atoms with van der Waals surface area (Å²) in [7, 11) is 1.63. The van der Waals surface area contributed by atoms with Gasteiger partial charge in [0.1, 0.15) is 12.3 Å². The van der Waals surface area contributed by atoms with Gasteiger partial charge in [-0.3, -0.25) is 19.4 Å². The maximum atomic E-state index is 13.3. The molecule has 1 aliphatic heterocycles. The first kappa shape index (κ1) is 24.4. The smallest absolute Gasteiger partial charge is 0.242 e. The molecule has 0 saturated carbocycles. The molecule has 32 heavy (non-hydrogen) atoms. The molecule has 0 spiro atoms. The van der Waals surface area contributed by atoms with Gasteiger partial charge in [-0.15, -0.1) is 0 Å². The number of carbonyl (C=O) groups is 1. The molecule has 0 aliphatic carbocycles. The predicted molar refractivity (Wildman–Crippen MR) is 127 cm³/mol. The van der Waals surface area contributed by atoms with Gasteiger partial charge in [0.2, 0.25) is 5.91 Å². The van der Waals surface area contributed by atoms with Crippen molar-refractivity contribution in [2.24, 2.45) is 0 Å². The fourth-order valence-corrected chi connectivity index (χ4v) is 4.03. The van der Waals surface area contributed by atoms with Gasteiger partial charge in [-0.1, -0.05) is 26.2 Å². The number of aromatic nitrogens is 3. The number of hydrogen-bond acceptors (Lipinski definition) is 6. The first-order valence-electron chi connectivity index (χ1n) is 11.5. The van der Waals surface area contributed by atoms with Crippen LogP contribution >= 0.6 is 12.2 Å². The number of rotatable bonds is 12. The zero-order valence-corrected chi connectivity index (χ0v) is 20.0. The van der Waals surface area contributed by atoms with Crippen LogP contribution in [-0.2, 0) is 16.1 Å². The zero-order valence-electron chi connectivity index (χ0n) is 19.2. The van der Waals surface area contributed by atoms with Gasteiger partial charge in [0.15, 0.2) is 10.6 Å². The highest BCUT2D eigenvalue weighted by molar-refractivity contribution is 7.71. The second kappa shape index (κ2) is 12.7. The molecule has 1 aromatic carbocycles. The Bertz CT molecular complexity index is 890. The lowest BCUT2D eigenvalue weighted by Gasteiger charge is -2.30. The normalized spacial score (nSPS) is 14.4. The quantitative estimate of drug-likeness (QED) is 0.386. The third-order valence-electron chi connectivity index (χ3n) is 5.82. The molecule has 0 radical (unpaired) electrons. The molecule has 8 nitrogen and oxygen atoms in total. The SMILES string of the molecule is CCCCCCN(CCN1CCOCC1)C(=O)Cn1c(-c2ccc(OC)cc2)n[nH]c1=S. The first-order chi connectivity index (χ1) is 15.6. The van der Waals surface area contributed by atoms with Gasteiger partial charge in [0.05, 0.1) is 20.3 Å². The molecule has 0 unspecified atom stereocenters. The van der Waals surface area contributed by atoms with Crippen molar-refractivity contribution < 1.29 is 14.3 Å². The minimum Gasteiger partial charge on any atom is -0.497 e. The summed E-state index contributed by atoms with van der Waals surface area (Å²) in [4.78, 5) is 17.7. The number of nitrogens with zero attached hydrogens (tertiary/aromatic N) is 4. The highest BCUT2D eigenvalue weighted by atomic mass is 32.1. The van der Waals surface area contributed by atoms with Gasteiger partial charge >= 0.3 is 0 Å². The van der Waals surface area contributed by atoms with Crippen molar-refractivity contribution in [3.8, 4) is 17.1 Å². The van der Waals surface area contributed by atoms with Crippen LogP contribution in [0.1, 0.15) is 32.6 Å². The topological polar surface area (TPSA) is 75.6 Å². The van der Waals surface area contributed by atoms with E-state index >= 15 is 0 Å². The van der Waals surface area contributed by atoms with Crippen molar-refractivity contribution in [3.05, 3.63) is 29.0 Å². The number of benzene rings is 1. The number of morpholine rings is 1. The van der Waals surface area contributed by atoms with Crippen LogP contribution in [0, 0.1) is 4.77 Å². The van der Waals surface area contributed by atoms with Gasteiger partial charge in [0.25, 0.3) is 0 Å². The largest absolute Gasteiger partial charge is 0.497 e. The molecule has 2 aromatic rings. The van der Waals surface area contributed by atoms with E-state index in [0.29, 0.717) is 17.1 Å². The van der Waals surface area contributed by atoms with E-state index in [9.17, 15) is 4.79 Å². The maximum Gasteiger partial charge on any atom is 0.242 e. The van der Waals surface area contributed by atoms with Crippen molar-refractivity contribution in [2.45, 2.75) is 39.2 Å². The summed E-state index contributed by atoms with van der Waals surface area (Å²) >= 11 is 5.44. The predicted octanol–water partition coefficient (Wildman–Crippen LogP) is 3.36. The molecule has 1 saturated heterocycles. The Morgan fingerprint density at radius 1 is 1.19 bits per heavy atom. The molecule has 0 bridgehead atoms. The third kappa shape index (κ3) is 6.88. The number of nitrogens with one attached hydrogen (secondary N) is 1. The molecule has 9 heteroatoms. The average Bonchev–Trinajstić information content (AvgIpc) is 3.19. The molecular formula is C23H35N5O3S. The number of unbranched alkanes of at least 4 members (excludes halogenated alkanes) is 3. The van der Waals surface area contributed by atoms with Crippen LogP contribution in [-0.4, -0.2) is 83.5 Å². The number of carbonyl (C=O) groups excluding carboxylic acids is 1. The summed E-state index contributed by atoms with van der Waals surface area (Å²) in [6.07, 6.45) is 4.53. The Labute approximate surface area is 195 Å². The Kier molecular flexibility index (Phi) is 9.70. The van der Waals surface area contributed by atoms with E-state index in [2.05, 4.69) is 22.0 Å². The van der Waals surface area contributed by atoms with Crippen molar-refractivity contribution in [1.29, 1.82) is 0 Å². The summed E-state index contributed by atoms with van der Waals surface area (Å²) in [5.74, 6) is 1.50. The van der Waals surface area contributed by atoms with E-state index in [1.54, 1.807) is 11.7 Å². The summed E-state index contributed by atoms with van der Waals surface area (Å²) in [5, 5.41) is 7.22. The Morgan fingerprint density at radius 2 is 1.94 bits per heavy atom. The molecular weight excluding hydrogens is 426 g/mol. The maximum absolute atomic E-state index is 13.3. The Balaban J connectivity index is 1.69. The summed E-state index contributed by atoms with van der Waals surface area (Å²) < 4.78 is 12.9. The van der Waals surface area contributed by atoms with Crippen LogP contribution in [0.15, 0.2) is 24.3 Å². The monoisotopic (exact) mass is 461 g/mol. The third-order valence-corrected chi connectivity index (χ3v) is 6.14. The van der Waals surface area contributed by atoms with Gasteiger partial charge in [-0.05, 0) is 42.9 Å². The highest BCUT2D eigenvalue weighted by Gasteiger charge is 2.19. The van der Waals surface area contributed by atoms with Gasteiger partial charge < -0.3 is 14.4 Å². The number of aromatic amines is 1. The summed E-state index contributed by atoms with van der Waals surface area (Å²) in [6.45, 7) is 8.10. The summed E-state index contributed by atoms with van der Waals surface area (Å²) in [5.41, 5.74) is 0.883. The number of methoxy groups -OCH3 is 1. The molecule has 1 aliphatic rings. The molecule has 2 heterocycles. The van der Waals surface area contributed by atoms with Crippen molar-refractivity contribution >= 4 is 18.1 Å².